The first kappa shape index (κ1) is 33.4. The van der Waals surface area contributed by atoms with E-state index in [0.29, 0.717) is 0 Å². The highest BCUT2D eigenvalue weighted by Gasteiger charge is 2.15. The molecule has 0 unspecified atom stereocenters. The molecule has 0 spiro atoms. The lowest BCUT2D eigenvalue weighted by Crippen LogP contribution is -2.28. The van der Waals surface area contributed by atoms with Gasteiger partial charge in [0, 0.05) is 28.0 Å². The van der Waals surface area contributed by atoms with Gasteiger partial charge in [-0.15, -0.1) is 0 Å². The van der Waals surface area contributed by atoms with Gasteiger partial charge >= 0.3 is 11.9 Å². The molecule has 6 heteroatoms. The first-order valence-electron chi connectivity index (χ1n) is 11.5. The van der Waals surface area contributed by atoms with Crippen molar-refractivity contribution in [1.82, 2.24) is 6.15 Å². The zero-order valence-corrected chi connectivity index (χ0v) is 20.8. The summed E-state index contributed by atoms with van der Waals surface area (Å²) in [6, 6.07) is 0. The molecule has 0 bridgehead atoms. The highest BCUT2D eigenvalue weighted by molar-refractivity contribution is 5.89. The number of esters is 2. The maximum absolute atomic E-state index is 11.9. The fourth-order valence-electron chi connectivity index (χ4n) is 2.55. The number of aliphatic hydroxyl groups excluding tert-OH is 1. The second kappa shape index (κ2) is 26.5. The molecule has 0 aromatic carbocycles. The Balaban J connectivity index is -0.0000000825. The van der Waals surface area contributed by atoms with Crippen LogP contribution in [0.1, 0.15) is 93.7 Å². The molecular formula is C29H57NO5. The number of carbonyl (C=O) groups is 2. The number of hydrogen-bond donors (Lipinski definition) is 2. The van der Waals surface area contributed by atoms with Crippen molar-refractivity contribution in [2.45, 2.75) is 84.2 Å². The summed E-state index contributed by atoms with van der Waals surface area (Å²) in [5.41, 5.74) is 0. The van der Waals surface area contributed by atoms with Gasteiger partial charge in [0.25, 0.3) is 0 Å². The molecule has 0 aliphatic rings. The molecule has 0 saturated heterocycles. The third kappa shape index (κ3) is 24.7. The zero-order chi connectivity index (χ0) is 25.1. The van der Waals surface area contributed by atoms with Crippen molar-refractivity contribution in [3.63, 3.8) is 0 Å². The van der Waals surface area contributed by atoms with Crippen LogP contribution in [0.5, 0.6) is 0 Å². The van der Waals surface area contributed by atoms with E-state index in [2.05, 4.69) is 78.0 Å². The Morgan fingerprint density at radius 2 is 1.26 bits per heavy atom. The predicted octanol–water partition coefficient (Wildman–Crippen LogP) is 6.26. The Bertz CT molecular complexity index is 1030. The normalized spacial score (nSPS) is 8.89. The van der Waals surface area contributed by atoms with Crippen LogP contribution in [0.3, 0.4) is 0 Å². The molecule has 0 aromatic heterocycles. The van der Waals surface area contributed by atoms with Crippen LogP contribution in [0.15, 0.2) is 0 Å². The number of unbranched alkanes of at least 4 members (excludes halogenated alkanes) is 8. The van der Waals surface area contributed by atoms with Crippen molar-refractivity contribution in [3.8, 4) is 71.0 Å². The van der Waals surface area contributed by atoms with Crippen molar-refractivity contribution >= 4 is 11.9 Å². The van der Waals surface area contributed by atoms with E-state index in [-0.39, 0.29) is 34.9 Å². The average molecular weight is 500 g/mol. The number of rotatable bonds is 14. The molecule has 0 aromatic rings. The second-order valence-corrected chi connectivity index (χ2v) is 7.10. The molecule has 6 nitrogen and oxygen atoms in total. The van der Waals surface area contributed by atoms with Crippen LogP contribution in [0.25, 0.3) is 0 Å². The lowest BCUT2D eigenvalue weighted by Gasteiger charge is -2.14. The lowest BCUT2D eigenvalue weighted by atomic mass is 10.1. The average Bonchev–Trinajstić information content (AvgIpc) is 2.84. The summed E-state index contributed by atoms with van der Waals surface area (Å²) in [4.78, 5) is 23.5. The minimum absolute atomic E-state index is 0. The first-order valence-corrected chi connectivity index (χ1v) is 11.5. The van der Waals surface area contributed by atoms with Gasteiger partial charge in [-0.1, -0.05) is 64.2 Å². The maximum atomic E-state index is 11.9. The van der Waals surface area contributed by atoms with Crippen molar-refractivity contribution in [2.24, 2.45) is 0 Å². The van der Waals surface area contributed by atoms with E-state index >= 15 is 0 Å². The molecule has 0 amide bonds. The van der Waals surface area contributed by atoms with Gasteiger partial charge in [0.1, 0.15) is 6.61 Å². The molecule has 0 heterocycles. The summed E-state index contributed by atoms with van der Waals surface area (Å²) in [6.07, 6.45) is 9.72. The molecule has 0 aliphatic heterocycles. The fourth-order valence-corrected chi connectivity index (χ4v) is 2.55. The molecule has 0 fully saturated rings. The van der Waals surface area contributed by atoms with Gasteiger partial charge in [0.2, 0.25) is 0 Å². The highest BCUT2D eigenvalue weighted by atomic mass is 16.6. The Morgan fingerprint density at radius 3 is 1.77 bits per heavy atom. The fraction of sp³-hybridized carbons (Fsp3) is 0.517. The quantitative estimate of drug-likeness (QED) is 0.126. The minimum atomic E-state index is -0.918. The largest absolute Gasteiger partial charge is 0.456 e. The van der Waals surface area contributed by atoms with Crippen LogP contribution in [0.2, 0.25) is 0 Å². The molecule has 35 heavy (non-hydrogen) atoms. The smallest absolute Gasteiger partial charge is 0.385 e. The second-order valence-electron chi connectivity index (χ2n) is 7.10. The van der Waals surface area contributed by atoms with Gasteiger partial charge in [-0.25, -0.2) is 4.79 Å². The topological polar surface area (TPSA) is 108 Å². The van der Waals surface area contributed by atoms with Crippen molar-refractivity contribution in [1.29, 1.82) is 0 Å². The summed E-state index contributed by atoms with van der Waals surface area (Å²) < 4.78 is 10.0. The summed E-state index contributed by atoms with van der Waals surface area (Å²) in [5, 5.41) is 9.33. The number of hydrogen-bond acceptors (Lipinski definition) is 6. The molecule has 0 rings (SSSR count). The number of ether oxygens (including phenoxy) is 2. The summed E-state index contributed by atoms with van der Waals surface area (Å²) in [6.45, 7) is 3.15. The number of aliphatic hydroxyl groups is 1. The van der Waals surface area contributed by atoms with E-state index in [1.807, 2.05) is 0 Å². The summed E-state index contributed by atoms with van der Waals surface area (Å²) in [5.74, 6) is 28.0. The van der Waals surface area contributed by atoms with Crippen molar-refractivity contribution < 1.29 is 39.9 Å². The van der Waals surface area contributed by atoms with Crippen LogP contribution < -0.4 is 6.15 Å². The van der Waals surface area contributed by atoms with E-state index < -0.39 is 24.6 Å². The van der Waals surface area contributed by atoms with Crippen LogP contribution in [0.4, 0.5) is 0 Å². The van der Waals surface area contributed by atoms with E-state index in [4.69, 9.17) is 9.47 Å². The molecule has 0 aliphatic carbocycles. The molecular weight excluding hydrogens is 442 g/mol. The van der Waals surface area contributed by atoms with E-state index in [1.165, 1.54) is 38.5 Å². The Hall–Kier alpha value is -3.78. The van der Waals surface area contributed by atoms with Crippen molar-refractivity contribution in [2.75, 3.05) is 13.2 Å². The third-order valence-electron chi connectivity index (χ3n) is 4.24. The van der Waals surface area contributed by atoms with Crippen molar-refractivity contribution in [3.05, 3.63) is 0 Å². The Labute approximate surface area is 227 Å². The van der Waals surface area contributed by atoms with E-state index in [1.54, 1.807) is 6.92 Å². The van der Waals surface area contributed by atoms with E-state index in [9.17, 15) is 14.7 Å². The molecule has 0 radical (unpaired) electrons. The minimum Gasteiger partial charge on any atom is -0.456 e. The molecule has 4 N–H and O–H groups in total. The molecule has 1 atom stereocenters. The Morgan fingerprint density at radius 1 is 0.771 bits per heavy atom. The van der Waals surface area contributed by atoms with Gasteiger partial charge in [0.15, 0.2) is 6.10 Å². The van der Waals surface area contributed by atoms with Crippen LogP contribution >= 0.6 is 0 Å². The maximum Gasteiger partial charge on any atom is 0.385 e. The summed E-state index contributed by atoms with van der Waals surface area (Å²) >= 11 is 0. The Kier molecular flexibility index (Phi) is 25.3. The van der Waals surface area contributed by atoms with Gasteiger partial charge in [-0.2, -0.15) is 0 Å². The first-order chi connectivity index (χ1) is 16.6. The SMILES string of the molecule is CC#CC#CC#CC#CC#CC#CC(=O)OC[C@@H](CO)OC(=O)CCCCCCCCCCC.N.[HH].[HH].[HH].[HH].[HH].[HH].[HH].[HH].[HH].[HH].[HH]. The van der Waals surface area contributed by atoms with Crippen LogP contribution in [-0.2, 0) is 19.1 Å². The lowest BCUT2D eigenvalue weighted by molar-refractivity contribution is -0.159. The van der Waals surface area contributed by atoms with Crippen LogP contribution in [-0.4, -0.2) is 36.4 Å². The molecule has 0 saturated carbocycles. The third-order valence-corrected chi connectivity index (χ3v) is 4.24. The van der Waals surface area contributed by atoms with Gasteiger partial charge in [-0.3, -0.25) is 4.79 Å². The highest BCUT2D eigenvalue weighted by Crippen LogP contribution is 2.11. The van der Waals surface area contributed by atoms with Gasteiger partial charge in [0.05, 0.1) is 6.61 Å². The standard InChI is InChI=1S/C29H32O5.H3N.11H2/c1-3-5-7-9-11-13-14-16-17-19-21-23-28(31)33-26-27(25-30)34-29(32)24-22-20-18-15-12-10-8-6-4-2;;;;;;;;;;;;/h27,30H,4,6,8,10,12,15,18,20,22,24-26H2,1-2H3;1H3;11*1H/t27-;;;;;;;;;;;;/m1............/s1. The van der Waals surface area contributed by atoms with E-state index in [0.717, 1.165) is 19.3 Å². The number of carbonyl (C=O) groups excluding carboxylic acids is 2. The van der Waals surface area contributed by atoms with Gasteiger partial charge < -0.3 is 20.7 Å². The summed E-state index contributed by atoms with van der Waals surface area (Å²) in [7, 11) is 0. The van der Waals surface area contributed by atoms with Crippen LogP contribution in [0, 0.1) is 71.0 Å². The monoisotopic (exact) mass is 499 g/mol. The predicted molar refractivity (Wildman–Crippen MR) is 160 cm³/mol. The molecule has 208 valence electrons. The zero-order valence-electron chi connectivity index (χ0n) is 20.8. The van der Waals surface area contributed by atoms with Gasteiger partial charge in [-0.05, 0) is 72.5 Å².